The van der Waals surface area contributed by atoms with Gasteiger partial charge in [-0.15, -0.1) is 0 Å². The molecule has 2 fully saturated rings. The minimum Gasteiger partial charge on any atom is -0.481 e. The summed E-state index contributed by atoms with van der Waals surface area (Å²) in [7, 11) is 3.23. The summed E-state index contributed by atoms with van der Waals surface area (Å²) < 4.78 is 13.1. The number of hydrogen-bond acceptors (Lipinski definition) is 5. The van der Waals surface area contributed by atoms with Gasteiger partial charge < -0.3 is 19.1 Å². The first-order chi connectivity index (χ1) is 17.4. The highest BCUT2D eigenvalue weighted by Crippen LogP contribution is 2.41. The van der Waals surface area contributed by atoms with Gasteiger partial charge in [-0.1, -0.05) is 6.42 Å². The summed E-state index contributed by atoms with van der Waals surface area (Å²) >= 11 is 0. The maximum Gasteiger partial charge on any atom is 0.414 e. The van der Waals surface area contributed by atoms with Gasteiger partial charge in [-0.3, -0.25) is 9.69 Å². The summed E-state index contributed by atoms with van der Waals surface area (Å²) in [5, 5.41) is 9.75. The molecule has 0 unspecified atom stereocenters. The number of carbonyl (C=O) groups excluding carboxylic acids is 1. The van der Waals surface area contributed by atoms with Crippen molar-refractivity contribution in [2.75, 3.05) is 19.1 Å². The van der Waals surface area contributed by atoms with Crippen LogP contribution in [-0.4, -0.2) is 53.1 Å². The average Bonchev–Trinajstić information content (AvgIpc) is 3.26. The highest BCUT2D eigenvalue weighted by molar-refractivity contribution is 5.95. The van der Waals surface area contributed by atoms with E-state index in [4.69, 9.17) is 14.5 Å². The molecule has 2 heterocycles. The number of ether oxygens (including phenoxy) is 2. The van der Waals surface area contributed by atoms with E-state index in [2.05, 4.69) is 17.6 Å². The number of carboxylic acids is 1. The van der Waals surface area contributed by atoms with Gasteiger partial charge in [0.15, 0.2) is 0 Å². The third-order valence-corrected chi connectivity index (χ3v) is 8.86. The molecule has 1 amide bonds. The number of aliphatic carboxylic acids is 1. The molecule has 3 atom stereocenters. The van der Waals surface area contributed by atoms with Crippen LogP contribution in [0.2, 0.25) is 0 Å². The highest BCUT2D eigenvalue weighted by Gasteiger charge is 2.35. The van der Waals surface area contributed by atoms with Crippen LogP contribution in [0.5, 0.6) is 0 Å². The van der Waals surface area contributed by atoms with Crippen molar-refractivity contribution in [3.8, 4) is 0 Å². The van der Waals surface area contributed by atoms with Crippen molar-refractivity contribution < 1.29 is 24.2 Å². The number of carboxylic acid groups (broad SMARTS) is 1. The molecule has 0 radical (unpaired) electrons. The Kier molecular flexibility index (Phi) is 7.24. The topological polar surface area (TPSA) is 93.9 Å². The molecule has 8 heteroatoms. The van der Waals surface area contributed by atoms with Crippen molar-refractivity contribution in [2.24, 2.45) is 11.8 Å². The first kappa shape index (κ1) is 25.1. The molecule has 1 aliphatic heterocycles. The Balaban J connectivity index is 1.56. The number of aryl methyl sites for hydroxylation is 1. The second kappa shape index (κ2) is 10.4. The molecule has 0 saturated heterocycles. The van der Waals surface area contributed by atoms with Crippen LogP contribution in [0.4, 0.5) is 10.5 Å². The summed E-state index contributed by atoms with van der Waals surface area (Å²) in [6.07, 6.45) is 10.3. The lowest BCUT2D eigenvalue weighted by Crippen LogP contribution is -2.42. The van der Waals surface area contributed by atoms with Gasteiger partial charge in [0, 0.05) is 31.2 Å². The Morgan fingerprint density at radius 2 is 1.86 bits per heavy atom. The van der Waals surface area contributed by atoms with Crippen LogP contribution in [0.15, 0.2) is 12.1 Å². The van der Waals surface area contributed by atoms with E-state index in [9.17, 15) is 14.7 Å². The molecule has 2 aliphatic carbocycles. The molecule has 1 aromatic heterocycles. The molecule has 0 spiro atoms. The Morgan fingerprint density at radius 3 is 2.56 bits per heavy atom. The molecular formula is C28H39N3O5. The van der Waals surface area contributed by atoms with Crippen LogP contribution in [0.3, 0.4) is 0 Å². The molecule has 0 bridgehead atoms. The Bertz CT molecular complexity index is 1120. The van der Waals surface area contributed by atoms with Gasteiger partial charge in [0.2, 0.25) is 0 Å². The van der Waals surface area contributed by atoms with Gasteiger partial charge in [-0.25, -0.2) is 9.78 Å². The van der Waals surface area contributed by atoms with Crippen molar-refractivity contribution in [3.63, 3.8) is 0 Å². The van der Waals surface area contributed by atoms with E-state index in [-0.39, 0.29) is 24.1 Å². The molecule has 2 saturated carbocycles. The van der Waals surface area contributed by atoms with Crippen LogP contribution >= 0.6 is 0 Å². The third-order valence-electron chi connectivity index (χ3n) is 8.86. The zero-order valence-electron chi connectivity index (χ0n) is 21.7. The molecular weight excluding hydrogens is 458 g/mol. The van der Waals surface area contributed by atoms with Crippen LogP contribution < -0.4 is 4.90 Å². The normalized spacial score (nSPS) is 28.6. The average molecular weight is 498 g/mol. The number of imidazole rings is 1. The maximum absolute atomic E-state index is 12.6. The summed E-state index contributed by atoms with van der Waals surface area (Å²) in [6, 6.07) is 4.32. The number of nitrogens with zero attached hydrogens (tertiary/aromatic N) is 3. The van der Waals surface area contributed by atoms with E-state index < -0.39 is 5.97 Å². The number of methoxy groups -OCH3 is 2. The molecule has 196 valence electrons. The third kappa shape index (κ3) is 4.60. The lowest BCUT2D eigenvalue weighted by molar-refractivity contribution is -0.143. The molecule has 1 aromatic carbocycles. The number of benzene rings is 1. The van der Waals surface area contributed by atoms with Gasteiger partial charge in [0.05, 0.1) is 35.9 Å². The number of fused-ring (bicyclic) bond motifs is 3. The van der Waals surface area contributed by atoms with Crippen molar-refractivity contribution in [3.05, 3.63) is 23.5 Å². The van der Waals surface area contributed by atoms with Crippen LogP contribution in [0, 0.1) is 11.8 Å². The fourth-order valence-electron chi connectivity index (χ4n) is 6.83. The van der Waals surface area contributed by atoms with E-state index in [1.165, 1.54) is 7.11 Å². The van der Waals surface area contributed by atoms with Crippen molar-refractivity contribution >= 4 is 28.8 Å². The minimum atomic E-state index is -0.691. The maximum atomic E-state index is 12.6. The predicted octanol–water partition coefficient (Wildman–Crippen LogP) is 5.51. The first-order valence-corrected chi connectivity index (χ1v) is 13.6. The first-order valence-electron chi connectivity index (χ1n) is 13.6. The van der Waals surface area contributed by atoms with Gasteiger partial charge in [-0.05, 0) is 82.8 Å². The number of rotatable bonds is 5. The standard InChI is InChI=1S/C28H39N3O5/c1-17-7-12-22-23(30(17)28(34)36-3)13-14-24-26(22)29-25(15-18-8-10-21(35-2)11-9-18)31(24)20-6-4-5-19(16-20)27(32)33/h13-14,17-21H,4-12,15-16H2,1-3H3,(H,32,33)/t17-,18?,19+,20+,21?/m0/s1. The zero-order valence-corrected chi connectivity index (χ0v) is 21.7. The largest absolute Gasteiger partial charge is 0.481 e. The fraction of sp³-hybridized carbons (Fsp3) is 0.679. The van der Waals surface area contributed by atoms with Crippen molar-refractivity contribution in [1.82, 2.24) is 9.55 Å². The Labute approximate surface area is 213 Å². The van der Waals surface area contributed by atoms with Crippen LogP contribution in [0.1, 0.15) is 82.1 Å². The zero-order chi connectivity index (χ0) is 25.4. The van der Waals surface area contributed by atoms with Crippen LogP contribution in [-0.2, 0) is 27.1 Å². The van der Waals surface area contributed by atoms with E-state index in [1.54, 1.807) is 12.0 Å². The molecule has 1 N–H and O–H groups in total. The number of hydrogen-bond donors (Lipinski definition) is 1. The Hall–Kier alpha value is -2.61. The molecule has 2 aromatic rings. The molecule has 5 rings (SSSR count). The van der Waals surface area contributed by atoms with Crippen LogP contribution in [0.25, 0.3) is 11.0 Å². The van der Waals surface area contributed by atoms with Gasteiger partial charge in [0.1, 0.15) is 5.82 Å². The molecule has 8 nitrogen and oxygen atoms in total. The SMILES string of the molecule is COC(=O)N1c2ccc3c(nc(CC4CCC(OC)CC4)n3[C@@H]3CCC[C@@H](C(=O)O)C3)c2CC[C@@H]1C. The number of aromatic nitrogens is 2. The Morgan fingerprint density at radius 1 is 1.08 bits per heavy atom. The smallest absolute Gasteiger partial charge is 0.414 e. The monoisotopic (exact) mass is 497 g/mol. The molecule has 3 aliphatic rings. The van der Waals surface area contributed by atoms with Crippen molar-refractivity contribution in [2.45, 2.75) is 95.7 Å². The summed E-state index contributed by atoms with van der Waals surface area (Å²) in [6.45, 7) is 2.05. The summed E-state index contributed by atoms with van der Waals surface area (Å²) in [5.41, 5.74) is 4.03. The van der Waals surface area contributed by atoms with E-state index in [1.807, 2.05) is 6.07 Å². The molecule has 36 heavy (non-hydrogen) atoms. The highest BCUT2D eigenvalue weighted by atomic mass is 16.5. The van der Waals surface area contributed by atoms with Gasteiger partial charge in [-0.2, -0.15) is 0 Å². The number of anilines is 1. The summed E-state index contributed by atoms with van der Waals surface area (Å²) in [5.74, 6) is 0.620. The van der Waals surface area contributed by atoms with E-state index in [0.29, 0.717) is 18.4 Å². The summed E-state index contributed by atoms with van der Waals surface area (Å²) in [4.78, 5) is 31.5. The lowest BCUT2D eigenvalue weighted by atomic mass is 9.84. The second-order valence-corrected chi connectivity index (χ2v) is 11.0. The van der Waals surface area contributed by atoms with Crippen molar-refractivity contribution in [1.29, 1.82) is 0 Å². The van der Waals surface area contributed by atoms with Gasteiger partial charge in [0.25, 0.3) is 0 Å². The van der Waals surface area contributed by atoms with E-state index in [0.717, 1.165) is 92.3 Å². The second-order valence-electron chi connectivity index (χ2n) is 11.0. The number of amides is 1. The van der Waals surface area contributed by atoms with Gasteiger partial charge >= 0.3 is 12.1 Å². The van der Waals surface area contributed by atoms with E-state index >= 15 is 0 Å². The minimum absolute atomic E-state index is 0.0644. The predicted molar refractivity (Wildman–Crippen MR) is 137 cm³/mol. The lowest BCUT2D eigenvalue weighted by Gasteiger charge is -2.34. The quantitative estimate of drug-likeness (QED) is 0.586. The fourth-order valence-corrected chi connectivity index (χ4v) is 6.83. The number of carbonyl (C=O) groups is 2.